The van der Waals surface area contributed by atoms with E-state index in [9.17, 15) is 19.2 Å². The summed E-state index contributed by atoms with van der Waals surface area (Å²) in [6, 6.07) is -3.96. The highest BCUT2D eigenvalue weighted by Crippen LogP contribution is 2.12. The number of carbonyl (C=O) groups excluding carboxylic acids is 4. The molecule has 0 fully saturated rings. The van der Waals surface area contributed by atoms with Crippen molar-refractivity contribution in [3.8, 4) is 0 Å². The van der Waals surface area contributed by atoms with E-state index < -0.39 is 41.9 Å². The summed E-state index contributed by atoms with van der Waals surface area (Å²) in [5.74, 6) is -1.77. The van der Waals surface area contributed by atoms with Crippen molar-refractivity contribution in [2.45, 2.75) is 64.7 Å². The summed E-state index contributed by atoms with van der Waals surface area (Å²) >= 11 is 8.17. The van der Waals surface area contributed by atoms with Gasteiger partial charge in [-0.3, -0.25) is 19.3 Å². The van der Waals surface area contributed by atoms with Crippen LogP contribution in [-0.2, 0) is 19.2 Å². The highest BCUT2D eigenvalue weighted by atomic mass is 32.1. The summed E-state index contributed by atoms with van der Waals surface area (Å²) in [4.78, 5) is 50.3. The number of thiol groups is 2. The zero-order valence-corrected chi connectivity index (χ0v) is 18.8. The Hall–Kier alpha value is -1.10. The lowest BCUT2D eigenvalue weighted by Crippen LogP contribution is -2.60. The summed E-state index contributed by atoms with van der Waals surface area (Å²) in [5.41, 5.74) is 11.8. The molecule has 4 atom stereocenters. The van der Waals surface area contributed by atoms with E-state index in [2.05, 4.69) is 30.6 Å². The smallest absolute Gasteiger partial charge is 0.253 e. The molecule has 10 heteroatoms. The molecule has 0 saturated heterocycles. The zero-order chi connectivity index (χ0) is 22.0. The van der Waals surface area contributed by atoms with Crippen LogP contribution in [0.5, 0.6) is 0 Å². The van der Waals surface area contributed by atoms with Gasteiger partial charge in [0.25, 0.3) is 5.91 Å². The SMILES string of the molecule is CC(C)C[C@H](N)C(=O)N[C@@H](CS)C(=O)N(C(=O)[C@@H](N)CC(C)C)[C@H](C=O)CS. The number of nitrogens with one attached hydrogen (secondary N) is 1. The quantitative estimate of drug-likeness (QED) is 0.217. The molecule has 28 heavy (non-hydrogen) atoms. The van der Waals surface area contributed by atoms with Crippen molar-refractivity contribution in [1.29, 1.82) is 0 Å². The van der Waals surface area contributed by atoms with Crippen molar-refractivity contribution in [1.82, 2.24) is 10.2 Å². The Kier molecular flexibility index (Phi) is 12.7. The first-order valence-electron chi connectivity index (χ1n) is 9.35. The topological polar surface area (TPSA) is 136 Å². The van der Waals surface area contributed by atoms with Crippen LogP contribution in [0.15, 0.2) is 0 Å². The third-order valence-electron chi connectivity index (χ3n) is 4.05. The average molecular weight is 435 g/mol. The molecule has 0 aromatic carbocycles. The van der Waals surface area contributed by atoms with Gasteiger partial charge in [0.05, 0.1) is 12.1 Å². The third kappa shape index (κ3) is 8.50. The standard InChI is InChI=1S/C18H34N4O4S2/c1-10(2)5-13(19)16(24)21-15(9-28)18(26)22(12(7-23)8-27)17(25)14(20)6-11(3)4/h7,10-15,27-28H,5-6,8-9,19-20H2,1-4H3,(H,21,24)/t12-,13+,14+,15+/m1/s1. The maximum absolute atomic E-state index is 13.0. The van der Waals surface area contributed by atoms with E-state index >= 15 is 0 Å². The normalized spacial score (nSPS) is 15.6. The first-order chi connectivity index (χ1) is 13.0. The third-order valence-corrected chi connectivity index (χ3v) is 4.79. The van der Waals surface area contributed by atoms with Crippen LogP contribution in [-0.4, -0.2) is 64.6 Å². The molecule has 0 aromatic rings. The molecule has 0 rings (SSSR count). The Bertz CT molecular complexity index is 546. The predicted octanol–water partition coefficient (Wildman–Crippen LogP) is 0.000300. The second kappa shape index (κ2) is 13.2. The van der Waals surface area contributed by atoms with Crippen molar-refractivity contribution >= 4 is 49.3 Å². The van der Waals surface area contributed by atoms with Gasteiger partial charge in [0.2, 0.25) is 11.8 Å². The van der Waals surface area contributed by atoms with Gasteiger partial charge in [-0.25, -0.2) is 0 Å². The first-order valence-corrected chi connectivity index (χ1v) is 10.6. The maximum atomic E-state index is 13.0. The Morgan fingerprint density at radius 1 is 0.929 bits per heavy atom. The fourth-order valence-corrected chi connectivity index (χ4v) is 3.15. The van der Waals surface area contributed by atoms with E-state index in [1.165, 1.54) is 0 Å². The minimum Gasteiger partial charge on any atom is -0.342 e. The number of nitrogens with zero attached hydrogens (tertiary/aromatic N) is 1. The monoisotopic (exact) mass is 434 g/mol. The van der Waals surface area contributed by atoms with E-state index in [4.69, 9.17) is 11.5 Å². The van der Waals surface area contributed by atoms with Crippen LogP contribution in [0.25, 0.3) is 0 Å². The highest BCUT2D eigenvalue weighted by molar-refractivity contribution is 7.80. The van der Waals surface area contributed by atoms with E-state index in [1.54, 1.807) is 0 Å². The van der Waals surface area contributed by atoms with Gasteiger partial charge in [0.1, 0.15) is 18.4 Å². The average Bonchev–Trinajstić information content (AvgIpc) is 2.61. The molecule has 0 aromatic heterocycles. The lowest BCUT2D eigenvalue weighted by Gasteiger charge is -2.31. The molecule has 8 nitrogen and oxygen atoms in total. The van der Waals surface area contributed by atoms with Crippen molar-refractivity contribution in [3.05, 3.63) is 0 Å². The minimum atomic E-state index is -1.12. The Balaban J connectivity index is 5.55. The molecule has 0 bridgehead atoms. The van der Waals surface area contributed by atoms with Crippen molar-refractivity contribution in [2.75, 3.05) is 11.5 Å². The van der Waals surface area contributed by atoms with Gasteiger partial charge in [0.15, 0.2) is 0 Å². The number of imide groups is 1. The largest absolute Gasteiger partial charge is 0.342 e. The number of nitrogens with two attached hydrogens (primary N) is 2. The van der Waals surface area contributed by atoms with Gasteiger partial charge in [-0.05, 0) is 24.7 Å². The molecule has 0 aliphatic carbocycles. The fourth-order valence-electron chi connectivity index (χ4n) is 2.66. The summed E-state index contributed by atoms with van der Waals surface area (Å²) in [6.07, 6.45) is 1.25. The van der Waals surface area contributed by atoms with Gasteiger partial charge >= 0.3 is 0 Å². The van der Waals surface area contributed by atoms with Crippen LogP contribution < -0.4 is 16.8 Å². The molecule has 0 unspecified atom stereocenters. The number of aldehydes is 1. The maximum Gasteiger partial charge on any atom is 0.253 e. The molecule has 0 heterocycles. The molecule has 5 N–H and O–H groups in total. The number of hydrogen-bond donors (Lipinski definition) is 5. The van der Waals surface area contributed by atoms with Crippen LogP contribution >= 0.6 is 25.3 Å². The van der Waals surface area contributed by atoms with Crippen molar-refractivity contribution in [3.63, 3.8) is 0 Å². The van der Waals surface area contributed by atoms with Crippen molar-refractivity contribution in [2.24, 2.45) is 23.3 Å². The van der Waals surface area contributed by atoms with Crippen molar-refractivity contribution < 1.29 is 19.2 Å². The van der Waals surface area contributed by atoms with Gasteiger partial charge < -0.3 is 21.6 Å². The number of carbonyl (C=O) groups is 4. The molecule has 0 aliphatic rings. The highest BCUT2D eigenvalue weighted by Gasteiger charge is 2.37. The Labute approximate surface area is 178 Å². The molecule has 0 aliphatic heterocycles. The summed E-state index contributed by atoms with van der Waals surface area (Å²) in [7, 11) is 0. The van der Waals surface area contributed by atoms with E-state index in [1.807, 2.05) is 27.7 Å². The molecular weight excluding hydrogens is 400 g/mol. The van der Waals surface area contributed by atoms with Gasteiger partial charge in [0, 0.05) is 11.5 Å². The predicted molar refractivity (Wildman–Crippen MR) is 116 cm³/mol. The lowest BCUT2D eigenvalue weighted by atomic mass is 10.0. The molecule has 0 saturated carbocycles. The first kappa shape index (κ1) is 26.9. The van der Waals surface area contributed by atoms with Gasteiger partial charge in [-0.1, -0.05) is 27.7 Å². The van der Waals surface area contributed by atoms with Crippen LogP contribution in [0, 0.1) is 11.8 Å². The lowest BCUT2D eigenvalue weighted by molar-refractivity contribution is -0.151. The molecule has 162 valence electrons. The zero-order valence-electron chi connectivity index (χ0n) is 17.0. The van der Waals surface area contributed by atoms with E-state index in [0.717, 1.165) is 4.90 Å². The Morgan fingerprint density at radius 3 is 1.82 bits per heavy atom. The molecule has 3 amide bonds. The summed E-state index contributed by atoms with van der Waals surface area (Å²) < 4.78 is 0. The molecule has 0 radical (unpaired) electrons. The number of hydrogen-bond acceptors (Lipinski definition) is 8. The molecule has 0 spiro atoms. The molecular formula is C18H34N4O4S2. The van der Waals surface area contributed by atoms with Gasteiger partial charge in [-0.15, -0.1) is 0 Å². The van der Waals surface area contributed by atoms with Crippen LogP contribution in [0.4, 0.5) is 0 Å². The minimum absolute atomic E-state index is 0.0600. The number of rotatable bonds is 12. The second-order valence-electron chi connectivity index (χ2n) is 7.65. The summed E-state index contributed by atoms with van der Waals surface area (Å²) in [5, 5.41) is 2.52. The van der Waals surface area contributed by atoms with Gasteiger partial charge in [-0.2, -0.15) is 25.3 Å². The van der Waals surface area contributed by atoms with Crippen LogP contribution in [0.2, 0.25) is 0 Å². The van der Waals surface area contributed by atoms with Crippen LogP contribution in [0.1, 0.15) is 40.5 Å². The van der Waals surface area contributed by atoms with Crippen LogP contribution in [0.3, 0.4) is 0 Å². The second-order valence-corrected chi connectivity index (χ2v) is 8.38. The fraction of sp³-hybridized carbons (Fsp3) is 0.778. The summed E-state index contributed by atoms with van der Waals surface area (Å²) in [6.45, 7) is 7.63. The van der Waals surface area contributed by atoms with E-state index in [-0.39, 0.29) is 23.3 Å². The number of amides is 3. The Morgan fingerprint density at radius 2 is 1.43 bits per heavy atom. The van der Waals surface area contributed by atoms with E-state index in [0.29, 0.717) is 19.1 Å².